The number of aliphatic hydroxyl groups excluding tert-OH is 2. The van der Waals surface area contributed by atoms with Crippen molar-refractivity contribution in [2.24, 2.45) is 0 Å². The molecule has 0 unspecified atom stereocenters. The predicted octanol–water partition coefficient (Wildman–Crippen LogP) is 0.918. The summed E-state index contributed by atoms with van der Waals surface area (Å²) in [5, 5.41) is 17.7. The average Bonchev–Trinajstić information content (AvgIpc) is 2.30. The van der Waals surface area contributed by atoms with E-state index in [0.717, 1.165) is 4.47 Å². The van der Waals surface area contributed by atoms with E-state index in [1.807, 2.05) is 12.1 Å². The lowest BCUT2D eigenvalue weighted by Crippen LogP contribution is -2.34. The highest BCUT2D eigenvalue weighted by molar-refractivity contribution is 9.10. The summed E-state index contributed by atoms with van der Waals surface area (Å²) in [4.78, 5) is 13.6. The van der Waals surface area contributed by atoms with Gasteiger partial charge in [-0.3, -0.25) is 9.69 Å². The Morgan fingerprint density at radius 1 is 1.12 bits per heavy atom. The largest absolute Gasteiger partial charge is 0.395 e. The van der Waals surface area contributed by atoms with Gasteiger partial charge in [0.05, 0.1) is 19.8 Å². The van der Waals surface area contributed by atoms with Crippen molar-refractivity contribution in [2.75, 3.05) is 32.8 Å². The number of carbonyl (C=O) groups excluding carboxylic acids is 1. The Kier molecular flexibility index (Phi) is 6.36. The van der Waals surface area contributed by atoms with E-state index in [0.29, 0.717) is 18.7 Å². The van der Waals surface area contributed by atoms with Crippen LogP contribution in [0.1, 0.15) is 10.4 Å². The van der Waals surface area contributed by atoms with Gasteiger partial charge in [-0.15, -0.1) is 0 Å². The first-order valence-corrected chi connectivity index (χ1v) is 6.19. The van der Waals surface area contributed by atoms with E-state index in [-0.39, 0.29) is 25.5 Å². The van der Waals surface area contributed by atoms with E-state index in [1.54, 1.807) is 17.0 Å². The Balaban J connectivity index is 2.60. The second-order valence-electron chi connectivity index (χ2n) is 3.65. The van der Waals surface area contributed by atoms with Crippen molar-refractivity contribution in [3.05, 3.63) is 34.3 Å². The molecule has 2 N–H and O–H groups in total. The lowest BCUT2D eigenvalue weighted by molar-refractivity contribution is 0.0894. The molecule has 1 aromatic carbocycles. The molecule has 5 heteroatoms. The number of hydrogen-bond donors (Lipinski definition) is 2. The number of carbonyl (C=O) groups is 1. The molecule has 0 radical (unpaired) electrons. The van der Waals surface area contributed by atoms with E-state index in [1.165, 1.54) is 0 Å². The van der Waals surface area contributed by atoms with Crippen LogP contribution in [0.15, 0.2) is 28.7 Å². The summed E-state index contributed by atoms with van der Waals surface area (Å²) in [5.41, 5.74) is 0.633. The first kappa shape index (κ1) is 14.3. The first-order valence-electron chi connectivity index (χ1n) is 5.40. The van der Waals surface area contributed by atoms with Crippen molar-refractivity contribution in [3.63, 3.8) is 0 Å². The van der Waals surface area contributed by atoms with Crippen LogP contribution in [0, 0.1) is 0 Å². The summed E-state index contributed by atoms with van der Waals surface area (Å²) in [5.74, 6) is -0.0144. The minimum absolute atomic E-state index is 0.0144. The lowest BCUT2D eigenvalue weighted by Gasteiger charge is -2.18. The van der Waals surface area contributed by atoms with Crippen molar-refractivity contribution >= 4 is 21.7 Å². The number of hydrogen-bond acceptors (Lipinski definition) is 4. The molecule has 0 aromatic heterocycles. The summed E-state index contributed by atoms with van der Waals surface area (Å²) in [7, 11) is 0. The van der Waals surface area contributed by atoms with Gasteiger partial charge in [0, 0.05) is 23.1 Å². The molecule has 0 saturated carbocycles. The Labute approximate surface area is 109 Å². The van der Waals surface area contributed by atoms with Crippen LogP contribution in [0.4, 0.5) is 0 Å². The Bertz CT molecular complexity index is 347. The summed E-state index contributed by atoms with van der Waals surface area (Å²) in [6.07, 6.45) is 0. The van der Waals surface area contributed by atoms with E-state index < -0.39 is 0 Å². The fraction of sp³-hybridized carbons (Fsp3) is 0.417. The molecule has 1 aromatic rings. The maximum atomic E-state index is 11.9. The molecule has 0 bridgehead atoms. The monoisotopic (exact) mass is 301 g/mol. The smallest absolute Gasteiger partial charge is 0.176 e. The number of aliphatic hydroxyl groups is 2. The number of benzene rings is 1. The van der Waals surface area contributed by atoms with Crippen molar-refractivity contribution in [1.29, 1.82) is 0 Å². The van der Waals surface area contributed by atoms with Gasteiger partial charge in [0.25, 0.3) is 0 Å². The molecule has 1 rings (SSSR count). The number of rotatable bonds is 7. The normalized spacial score (nSPS) is 10.8. The first-order chi connectivity index (χ1) is 8.17. The number of Topliss-reactive ketones (excluding diaryl/α,β-unsaturated/α-hetero) is 1. The van der Waals surface area contributed by atoms with Gasteiger partial charge in [0.1, 0.15) is 0 Å². The van der Waals surface area contributed by atoms with Crippen molar-refractivity contribution in [1.82, 2.24) is 4.90 Å². The lowest BCUT2D eigenvalue weighted by atomic mass is 10.1. The molecule has 0 aliphatic carbocycles. The van der Waals surface area contributed by atoms with Crippen LogP contribution in [-0.4, -0.2) is 53.7 Å². The van der Waals surface area contributed by atoms with Gasteiger partial charge in [-0.1, -0.05) is 28.1 Å². The maximum Gasteiger partial charge on any atom is 0.176 e. The fourth-order valence-corrected chi connectivity index (χ4v) is 1.75. The molecule has 94 valence electrons. The Morgan fingerprint density at radius 3 is 2.12 bits per heavy atom. The third-order valence-corrected chi connectivity index (χ3v) is 2.89. The molecular weight excluding hydrogens is 286 g/mol. The van der Waals surface area contributed by atoms with Crippen LogP contribution in [0.5, 0.6) is 0 Å². The molecular formula is C12H16BrNO3. The molecule has 4 nitrogen and oxygen atoms in total. The molecule has 0 spiro atoms. The van der Waals surface area contributed by atoms with Gasteiger partial charge in [-0.2, -0.15) is 0 Å². The fourth-order valence-electron chi connectivity index (χ4n) is 1.48. The highest BCUT2D eigenvalue weighted by atomic mass is 79.9. The Morgan fingerprint density at radius 2 is 1.65 bits per heavy atom. The van der Waals surface area contributed by atoms with Crippen LogP contribution < -0.4 is 0 Å². The van der Waals surface area contributed by atoms with Crippen molar-refractivity contribution in [2.45, 2.75) is 0 Å². The highest BCUT2D eigenvalue weighted by Gasteiger charge is 2.11. The standard InChI is InChI=1S/C12H16BrNO3/c13-11-3-1-10(2-4-11)12(17)9-14(5-7-15)6-8-16/h1-4,15-16H,5-9H2. The van der Waals surface area contributed by atoms with Gasteiger partial charge in [-0.05, 0) is 12.1 Å². The number of halogens is 1. The average molecular weight is 302 g/mol. The zero-order chi connectivity index (χ0) is 12.7. The topological polar surface area (TPSA) is 60.8 Å². The van der Waals surface area contributed by atoms with Crippen molar-refractivity contribution in [3.8, 4) is 0 Å². The summed E-state index contributed by atoms with van der Waals surface area (Å²) in [6, 6.07) is 7.14. The quantitative estimate of drug-likeness (QED) is 0.735. The van der Waals surface area contributed by atoms with Crippen LogP contribution in [0.25, 0.3) is 0 Å². The second kappa shape index (κ2) is 7.55. The van der Waals surface area contributed by atoms with Gasteiger partial charge in [0.2, 0.25) is 0 Å². The number of nitrogens with zero attached hydrogens (tertiary/aromatic N) is 1. The Hall–Kier alpha value is -0.750. The number of ketones is 1. The minimum Gasteiger partial charge on any atom is -0.395 e. The third kappa shape index (κ3) is 4.95. The molecule has 0 aliphatic heterocycles. The highest BCUT2D eigenvalue weighted by Crippen LogP contribution is 2.11. The van der Waals surface area contributed by atoms with E-state index in [9.17, 15) is 4.79 Å². The van der Waals surface area contributed by atoms with Gasteiger partial charge in [-0.25, -0.2) is 0 Å². The summed E-state index contributed by atoms with van der Waals surface area (Å²) >= 11 is 3.31. The molecule has 17 heavy (non-hydrogen) atoms. The summed E-state index contributed by atoms with van der Waals surface area (Å²) in [6.45, 7) is 0.954. The van der Waals surface area contributed by atoms with Crippen LogP contribution in [-0.2, 0) is 0 Å². The second-order valence-corrected chi connectivity index (χ2v) is 4.57. The van der Waals surface area contributed by atoms with Crippen LogP contribution in [0.2, 0.25) is 0 Å². The maximum absolute atomic E-state index is 11.9. The van der Waals surface area contributed by atoms with E-state index in [4.69, 9.17) is 10.2 Å². The predicted molar refractivity (Wildman–Crippen MR) is 69.1 cm³/mol. The van der Waals surface area contributed by atoms with Crippen LogP contribution in [0.3, 0.4) is 0 Å². The third-order valence-electron chi connectivity index (χ3n) is 2.37. The molecule has 0 fully saturated rings. The van der Waals surface area contributed by atoms with E-state index in [2.05, 4.69) is 15.9 Å². The zero-order valence-corrected chi connectivity index (χ0v) is 11.1. The summed E-state index contributed by atoms with van der Waals surface area (Å²) < 4.78 is 0.927. The molecule has 0 aliphatic rings. The molecule has 0 atom stereocenters. The minimum atomic E-state index is -0.0202. The van der Waals surface area contributed by atoms with Gasteiger partial charge >= 0.3 is 0 Å². The molecule has 0 saturated heterocycles. The van der Waals surface area contributed by atoms with Gasteiger partial charge in [0.15, 0.2) is 5.78 Å². The van der Waals surface area contributed by atoms with Crippen molar-refractivity contribution < 1.29 is 15.0 Å². The van der Waals surface area contributed by atoms with E-state index >= 15 is 0 Å². The van der Waals surface area contributed by atoms with Crippen LogP contribution >= 0.6 is 15.9 Å². The SMILES string of the molecule is O=C(CN(CCO)CCO)c1ccc(Br)cc1. The van der Waals surface area contributed by atoms with Gasteiger partial charge < -0.3 is 10.2 Å². The molecule has 0 amide bonds. The zero-order valence-electron chi connectivity index (χ0n) is 9.47. The molecule has 0 heterocycles.